The van der Waals surface area contributed by atoms with Gasteiger partial charge >= 0.3 is 0 Å². The minimum absolute atomic E-state index is 0.185. The van der Waals surface area contributed by atoms with Crippen molar-refractivity contribution in [1.82, 2.24) is 10.4 Å². The highest BCUT2D eigenvalue weighted by molar-refractivity contribution is 7.99. The molecule has 0 radical (unpaired) electrons. The third-order valence-electron chi connectivity index (χ3n) is 1.92. The van der Waals surface area contributed by atoms with Crippen LogP contribution in [-0.4, -0.2) is 22.9 Å². The first-order valence-electron chi connectivity index (χ1n) is 5.04. The Balaban J connectivity index is 1.97. The van der Waals surface area contributed by atoms with Crippen molar-refractivity contribution in [2.45, 2.75) is 12.1 Å². The summed E-state index contributed by atoms with van der Waals surface area (Å²) in [6.45, 7) is 1.73. The molecule has 0 spiro atoms. The first-order valence-corrected chi connectivity index (χ1v) is 6.03. The summed E-state index contributed by atoms with van der Waals surface area (Å²) in [5, 5.41) is 4.13. The fraction of sp³-hybridized carbons (Fsp3) is 0.182. The number of nitrogens with one attached hydrogen (secondary N) is 1. The van der Waals surface area contributed by atoms with Crippen LogP contribution in [0.5, 0.6) is 0 Å². The summed E-state index contributed by atoms with van der Waals surface area (Å²) in [7, 11) is 0. The number of fused-ring (bicyclic) bond motifs is 1. The number of hydrogen-bond acceptors (Lipinski definition) is 5. The van der Waals surface area contributed by atoms with Crippen molar-refractivity contribution in [1.29, 1.82) is 0 Å². The van der Waals surface area contributed by atoms with E-state index in [9.17, 15) is 4.79 Å². The molecule has 1 aromatic heterocycles. The van der Waals surface area contributed by atoms with Gasteiger partial charge in [0.25, 0.3) is 11.1 Å². The Labute approximate surface area is 102 Å². The van der Waals surface area contributed by atoms with Gasteiger partial charge in [0.1, 0.15) is 5.52 Å². The van der Waals surface area contributed by atoms with Gasteiger partial charge in [0.2, 0.25) is 0 Å². The standard InChI is InChI=1S/C11H11N3O2S/c1-2-12-14-10(15)7-17-11-13-8-5-3-4-6-9(8)16-11/h2-6H,7H2,1H3,(H,14,15). The molecule has 0 aliphatic rings. The number of hydrazone groups is 1. The monoisotopic (exact) mass is 249 g/mol. The Morgan fingerprint density at radius 3 is 3.18 bits per heavy atom. The van der Waals surface area contributed by atoms with Gasteiger partial charge in [-0.1, -0.05) is 23.9 Å². The minimum Gasteiger partial charge on any atom is -0.431 e. The van der Waals surface area contributed by atoms with Crippen LogP contribution in [0.15, 0.2) is 39.0 Å². The number of benzene rings is 1. The van der Waals surface area contributed by atoms with E-state index < -0.39 is 0 Å². The lowest BCUT2D eigenvalue weighted by atomic mass is 10.3. The Kier molecular flexibility index (Phi) is 3.77. The molecule has 2 rings (SSSR count). The topological polar surface area (TPSA) is 67.5 Å². The van der Waals surface area contributed by atoms with Gasteiger partial charge < -0.3 is 4.42 Å². The lowest BCUT2D eigenvalue weighted by Crippen LogP contribution is -2.19. The summed E-state index contributed by atoms with van der Waals surface area (Å²) < 4.78 is 5.46. The molecule has 0 aliphatic heterocycles. The average Bonchev–Trinajstić information content (AvgIpc) is 2.76. The highest BCUT2D eigenvalue weighted by atomic mass is 32.2. The predicted molar refractivity (Wildman–Crippen MR) is 67.0 cm³/mol. The van der Waals surface area contributed by atoms with Crippen LogP contribution in [0.4, 0.5) is 0 Å². The highest BCUT2D eigenvalue weighted by Crippen LogP contribution is 2.22. The summed E-state index contributed by atoms with van der Waals surface area (Å²) >= 11 is 1.24. The van der Waals surface area contributed by atoms with E-state index in [2.05, 4.69) is 15.5 Å². The third kappa shape index (κ3) is 3.07. The van der Waals surface area contributed by atoms with E-state index in [0.29, 0.717) is 5.22 Å². The zero-order chi connectivity index (χ0) is 12.1. The van der Waals surface area contributed by atoms with Gasteiger partial charge in [0.15, 0.2) is 5.58 Å². The van der Waals surface area contributed by atoms with Crippen LogP contribution in [0.25, 0.3) is 11.1 Å². The number of carbonyl (C=O) groups is 1. The maximum absolute atomic E-state index is 11.3. The molecule has 0 unspecified atom stereocenters. The lowest BCUT2D eigenvalue weighted by Gasteiger charge is -1.95. The second-order valence-electron chi connectivity index (χ2n) is 3.16. The van der Waals surface area contributed by atoms with Gasteiger partial charge in [0.05, 0.1) is 5.75 Å². The molecule has 17 heavy (non-hydrogen) atoms. The number of oxazole rings is 1. The molecule has 1 aromatic carbocycles. The Morgan fingerprint density at radius 1 is 1.59 bits per heavy atom. The molecule has 2 aromatic rings. The van der Waals surface area contributed by atoms with E-state index >= 15 is 0 Å². The third-order valence-corrected chi connectivity index (χ3v) is 2.75. The van der Waals surface area contributed by atoms with Crippen molar-refractivity contribution in [3.8, 4) is 0 Å². The summed E-state index contributed by atoms with van der Waals surface area (Å²) in [5.41, 5.74) is 3.89. The number of rotatable bonds is 4. The molecule has 0 aliphatic carbocycles. The van der Waals surface area contributed by atoms with Crippen molar-refractivity contribution in [3.63, 3.8) is 0 Å². The van der Waals surface area contributed by atoms with Crippen molar-refractivity contribution >= 4 is 35.0 Å². The molecule has 88 valence electrons. The van der Waals surface area contributed by atoms with E-state index in [1.54, 1.807) is 6.92 Å². The van der Waals surface area contributed by atoms with Crippen LogP contribution >= 0.6 is 11.8 Å². The molecule has 0 atom stereocenters. The Morgan fingerprint density at radius 2 is 2.41 bits per heavy atom. The second kappa shape index (κ2) is 5.49. The molecule has 0 saturated heterocycles. The summed E-state index contributed by atoms with van der Waals surface area (Å²) in [4.78, 5) is 15.5. The van der Waals surface area contributed by atoms with Crippen LogP contribution in [0.2, 0.25) is 0 Å². The fourth-order valence-electron chi connectivity index (χ4n) is 1.21. The average molecular weight is 249 g/mol. The molecular formula is C11H11N3O2S. The van der Waals surface area contributed by atoms with Crippen molar-refractivity contribution in [2.75, 3.05) is 5.75 Å². The van der Waals surface area contributed by atoms with Gasteiger partial charge in [-0.3, -0.25) is 4.79 Å². The van der Waals surface area contributed by atoms with E-state index in [1.165, 1.54) is 18.0 Å². The fourth-order valence-corrected chi connectivity index (χ4v) is 1.84. The quantitative estimate of drug-likeness (QED) is 0.511. The van der Waals surface area contributed by atoms with E-state index in [1.807, 2.05) is 24.3 Å². The zero-order valence-electron chi connectivity index (χ0n) is 9.21. The maximum Gasteiger partial charge on any atom is 0.257 e. The summed E-state index contributed by atoms with van der Waals surface area (Å²) in [6, 6.07) is 7.48. The number of hydrogen-bond donors (Lipinski definition) is 1. The molecule has 0 fully saturated rings. The number of thioether (sulfide) groups is 1. The molecule has 1 heterocycles. The van der Waals surface area contributed by atoms with Gasteiger partial charge in [-0.15, -0.1) is 0 Å². The number of para-hydroxylation sites is 2. The van der Waals surface area contributed by atoms with Gasteiger partial charge in [-0.2, -0.15) is 5.10 Å². The van der Waals surface area contributed by atoms with Gasteiger partial charge in [-0.25, -0.2) is 10.4 Å². The Bertz CT molecular complexity index is 517. The number of carbonyl (C=O) groups excluding carboxylic acids is 1. The molecule has 5 nitrogen and oxygen atoms in total. The van der Waals surface area contributed by atoms with Crippen molar-refractivity contribution in [2.24, 2.45) is 5.10 Å². The zero-order valence-corrected chi connectivity index (χ0v) is 10.0. The van der Waals surface area contributed by atoms with Crippen molar-refractivity contribution < 1.29 is 9.21 Å². The smallest absolute Gasteiger partial charge is 0.257 e. The molecular weight excluding hydrogens is 238 g/mol. The van der Waals surface area contributed by atoms with Crippen molar-refractivity contribution in [3.05, 3.63) is 24.3 Å². The second-order valence-corrected chi connectivity index (χ2v) is 4.09. The van der Waals surface area contributed by atoms with Crippen LogP contribution in [0.3, 0.4) is 0 Å². The Hall–Kier alpha value is -1.82. The normalized spacial score (nSPS) is 11.1. The van der Waals surface area contributed by atoms with Gasteiger partial charge in [-0.05, 0) is 19.1 Å². The van der Waals surface area contributed by atoms with Gasteiger partial charge in [0, 0.05) is 6.21 Å². The van der Waals surface area contributed by atoms with Crippen LogP contribution < -0.4 is 5.43 Å². The first kappa shape index (κ1) is 11.7. The molecule has 6 heteroatoms. The summed E-state index contributed by atoms with van der Waals surface area (Å²) in [5.74, 6) is 0.0415. The van der Waals surface area contributed by atoms with E-state index in [-0.39, 0.29) is 11.7 Å². The number of nitrogens with zero attached hydrogens (tertiary/aromatic N) is 2. The predicted octanol–water partition coefficient (Wildman–Crippen LogP) is 2.04. The maximum atomic E-state index is 11.3. The first-order chi connectivity index (χ1) is 8.29. The lowest BCUT2D eigenvalue weighted by molar-refractivity contribution is -0.118. The number of aromatic nitrogens is 1. The number of amides is 1. The molecule has 1 amide bonds. The highest BCUT2D eigenvalue weighted by Gasteiger charge is 2.08. The molecule has 1 N–H and O–H groups in total. The van der Waals surface area contributed by atoms with Crippen LogP contribution in [0, 0.1) is 0 Å². The van der Waals surface area contributed by atoms with E-state index in [0.717, 1.165) is 11.1 Å². The van der Waals surface area contributed by atoms with E-state index in [4.69, 9.17) is 4.42 Å². The van der Waals surface area contributed by atoms with Crippen LogP contribution in [0.1, 0.15) is 6.92 Å². The largest absolute Gasteiger partial charge is 0.431 e. The molecule has 0 bridgehead atoms. The SMILES string of the molecule is CC=NNC(=O)CSc1nc2ccccc2o1. The minimum atomic E-state index is -0.185. The van der Waals surface area contributed by atoms with Crippen LogP contribution in [-0.2, 0) is 4.79 Å². The summed E-state index contributed by atoms with van der Waals surface area (Å²) in [6.07, 6.45) is 1.52. The molecule has 0 saturated carbocycles.